The van der Waals surface area contributed by atoms with E-state index in [-0.39, 0.29) is 11.9 Å². The summed E-state index contributed by atoms with van der Waals surface area (Å²) in [5.74, 6) is 1.29. The number of nitrogens with zero attached hydrogens (tertiary/aromatic N) is 2. The van der Waals surface area contributed by atoms with E-state index in [0.717, 1.165) is 38.3 Å². The summed E-state index contributed by atoms with van der Waals surface area (Å²) < 4.78 is 0. The van der Waals surface area contributed by atoms with Crippen LogP contribution in [0.15, 0.2) is 24.3 Å². The molecule has 2 N–H and O–H groups in total. The number of rotatable bonds is 7. The highest BCUT2D eigenvalue weighted by molar-refractivity contribution is 6.30. The molecule has 0 bridgehead atoms. The van der Waals surface area contributed by atoms with Crippen molar-refractivity contribution >= 4 is 29.2 Å². The Labute approximate surface area is 185 Å². The topological polar surface area (TPSA) is 64.7 Å². The van der Waals surface area contributed by atoms with Crippen molar-refractivity contribution in [2.75, 3.05) is 44.6 Å². The number of piperidine rings is 2. The Balaban J connectivity index is 1.28. The molecule has 1 atom stereocenters. The summed E-state index contributed by atoms with van der Waals surface area (Å²) in [5, 5.41) is 6.57. The Morgan fingerprint density at radius 1 is 1.17 bits per heavy atom. The quantitative estimate of drug-likeness (QED) is 0.631. The van der Waals surface area contributed by atoms with Crippen LogP contribution in [0.2, 0.25) is 5.02 Å². The number of urea groups is 1. The van der Waals surface area contributed by atoms with Gasteiger partial charge in [0.05, 0.1) is 0 Å². The van der Waals surface area contributed by atoms with Crippen LogP contribution in [0.1, 0.15) is 45.4 Å². The summed E-state index contributed by atoms with van der Waals surface area (Å²) in [6.45, 7) is 7.89. The molecule has 7 heteroatoms. The monoisotopic (exact) mass is 434 g/mol. The number of nitrogens with one attached hydrogen (secondary N) is 2. The first-order valence-electron chi connectivity index (χ1n) is 11.3. The highest BCUT2D eigenvalue weighted by Crippen LogP contribution is 2.22. The van der Waals surface area contributed by atoms with Gasteiger partial charge in [0.2, 0.25) is 5.91 Å². The van der Waals surface area contributed by atoms with Crippen LogP contribution in [0.5, 0.6) is 0 Å². The molecule has 166 valence electrons. The standard InChI is InChI=1S/C23H35ClN4O2/c1-18-5-3-11-27(17-18)12-4-10-25-22(29)15-19-8-13-28(14-9-19)23(30)26-21-7-2-6-20(24)16-21/h2,6-7,16,18-19H,3-5,8-15,17H2,1H3,(H,25,29)(H,26,30)/t18-/m1/s1. The van der Waals surface area contributed by atoms with Gasteiger partial charge in [0.15, 0.2) is 0 Å². The Morgan fingerprint density at radius 2 is 1.97 bits per heavy atom. The maximum atomic E-state index is 12.4. The molecule has 2 saturated heterocycles. The molecule has 0 aliphatic carbocycles. The zero-order valence-electron chi connectivity index (χ0n) is 18.0. The number of benzene rings is 1. The number of carbonyl (C=O) groups excluding carboxylic acids is 2. The van der Waals surface area contributed by atoms with Crippen molar-refractivity contribution in [3.05, 3.63) is 29.3 Å². The van der Waals surface area contributed by atoms with Gasteiger partial charge in [0, 0.05) is 43.3 Å². The maximum absolute atomic E-state index is 12.4. The minimum atomic E-state index is -0.104. The Bertz CT molecular complexity index is 706. The molecule has 0 saturated carbocycles. The summed E-state index contributed by atoms with van der Waals surface area (Å²) >= 11 is 5.97. The van der Waals surface area contributed by atoms with E-state index < -0.39 is 0 Å². The lowest BCUT2D eigenvalue weighted by Crippen LogP contribution is -2.42. The van der Waals surface area contributed by atoms with E-state index in [1.165, 1.54) is 25.9 Å². The molecule has 2 heterocycles. The SMILES string of the molecule is C[C@@H]1CCCN(CCCNC(=O)CC2CCN(C(=O)Nc3cccc(Cl)c3)CC2)C1. The third kappa shape index (κ3) is 7.47. The number of halogens is 1. The van der Waals surface area contributed by atoms with Crippen molar-refractivity contribution in [3.8, 4) is 0 Å². The largest absolute Gasteiger partial charge is 0.356 e. The van der Waals surface area contributed by atoms with Gasteiger partial charge in [-0.15, -0.1) is 0 Å². The van der Waals surface area contributed by atoms with Crippen LogP contribution < -0.4 is 10.6 Å². The molecule has 6 nitrogen and oxygen atoms in total. The number of hydrogen-bond donors (Lipinski definition) is 2. The Hall–Kier alpha value is -1.79. The molecule has 3 rings (SSSR count). The second-order valence-corrected chi connectivity index (χ2v) is 9.26. The zero-order chi connectivity index (χ0) is 21.3. The third-order valence-electron chi connectivity index (χ3n) is 6.17. The van der Waals surface area contributed by atoms with Crippen molar-refractivity contribution in [3.63, 3.8) is 0 Å². The van der Waals surface area contributed by atoms with E-state index in [4.69, 9.17) is 11.6 Å². The predicted octanol–water partition coefficient (Wildman–Crippen LogP) is 4.21. The van der Waals surface area contributed by atoms with Crippen LogP contribution in [0, 0.1) is 11.8 Å². The predicted molar refractivity (Wildman–Crippen MR) is 122 cm³/mol. The molecular formula is C23H35ClN4O2. The normalized spacial score (nSPS) is 20.7. The summed E-state index contributed by atoms with van der Waals surface area (Å²) in [5.41, 5.74) is 0.702. The van der Waals surface area contributed by atoms with E-state index in [9.17, 15) is 9.59 Å². The molecule has 1 aromatic rings. The third-order valence-corrected chi connectivity index (χ3v) is 6.40. The minimum Gasteiger partial charge on any atom is -0.356 e. The first-order chi connectivity index (χ1) is 14.5. The van der Waals surface area contributed by atoms with Gasteiger partial charge >= 0.3 is 6.03 Å². The van der Waals surface area contributed by atoms with Crippen LogP contribution in [0.4, 0.5) is 10.5 Å². The van der Waals surface area contributed by atoms with Crippen LogP contribution in [-0.2, 0) is 4.79 Å². The fraction of sp³-hybridized carbons (Fsp3) is 0.652. The number of carbonyl (C=O) groups is 2. The van der Waals surface area contributed by atoms with E-state index in [2.05, 4.69) is 22.5 Å². The highest BCUT2D eigenvalue weighted by Gasteiger charge is 2.24. The fourth-order valence-corrected chi connectivity index (χ4v) is 4.65. The lowest BCUT2D eigenvalue weighted by Gasteiger charge is -2.32. The Morgan fingerprint density at radius 3 is 2.70 bits per heavy atom. The van der Waals surface area contributed by atoms with Crippen LogP contribution in [0.25, 0.3) is 0 Å². The summed E-state index contributed by atoms with van der Waals surface area (Å²) in [4.78, 5) is 29.0. The van der Waals surface area contributed by atoms with E-state index in [1.54, 1.807) is 12.1 Å². The average molecular weight is 435 g/mol. The van der Waals surface area contributed by atoms with Gasteiger partial charge in [0.25, 0.3) is 0 Å². The number of likely N-dealkylation sites (tertiary alicyclic amines) is 2. The molecule has 30 heavy (non-hydrogen) atoms. The van der Waals surface area contributed by atoms with Crippen molar-refractivity contribution in [1.29, 1.82) is 0 Å². The van der Waals surface area contributed by atoms with Crippen molar-refractivity contribution in [1.82, 2.24) is 15.1 Å². The van der Waals surface area contributed by atoms with Gasteiger partial charge in [-0.05, 0) is 75.2 Å². The molecule has 0 unspecified atom stereocenters. The molecule has 2 fully saturated rings. The molecule has 0 spiro atoms. The van der Waals surface area contributed by atoms with Crippen LogP contribution >= 0.6 is 11.6 Å². The van der Waals surface area contributed by atoms with Gasteiger partial charge in [-0.1, -0.05) is 24.6 Å². The molecule has 2 aliphatic heterocycles. The van der Waals surface area contributed by atoms with Gasteiger partial charge in [0.1, 0.15) is 0 Å². The second kappa shape index (κ2) is 11.6. The van der Waals surface area contributed by atoms with E-state index in [0.29, 0.717) is 36.1 Å². The molecule has 2 aliphatic rings. The smallest absolute Gasteiger partial charge is 0.321 e. The van der Waals surface area contributed by atoms with Crippen molar-refractivity contribution < 1.29 is 9.59 Å². The number of amides is 3. The van der Waals surface area contributed by atoms with Crippen molar-refractivity contribution in [2.45, 2.75) is 45.4 Å². The maximum Gasteiger partial charge on any atom is 0.321 e. The summed E-state index contributed by atoms with van der Waals surface area (Å²) in [6.07, 6.45) is 5.94. The first-order valence-corrected chi connectivity index (χ1v) is 11.7. The van der Waals surface area contributed by atoms with E-state index >= 15 is 0 Å². The van der Waals surface area contributed by atoms with Gasteiger partial charge in [-0.2, -0.15) is 0 Å². The molecule has 3 amide bonds. The van der Waals surface area contributed by atoms with Crippen LogP contribution in [-0.4, -0.2) is 61.0 Å². The highest BCUT2D eigenvalue weighted by atomic mass is 35.5. The van der Waals surface area contributed by atoms with Gasteiger partial charge in [-0.3, -0.25) is 4.79 Å². The van der Waals surface area contributed by atoms with Crippen molar-refractivity contribution in [2.24, 2.45) is 11.8 Å². The molecule has 0 aromatic heterocycles. The zero-order valence-corrected chi connectivity index (χ0v) is 18.8. The number of hydrogen-bond acceptors (Lipinski definition) is 3. The molecule has 0 radical (unpaired) electrons. The van der Waals surface area contributed by atoms with E-state index in [1.807, 2.05) is 17.0 Å². The van der Waals surface area contributed by atoms with Gasteiger partial charge in [-0.25, -0.2) is 4.79 Å². The fourth-order valence-electron chi connectivity index (χ4n) is 4.46. The average Bonchev–Trinajstić information content (AvgIpc) is 2.72. The van der Waals surface area contributed by atoms with Crippen LogP contribution in [0.3, 0.4) is 0 Å². The summed E-state index contributed by atoms with van der Waals surface area (Å²) in [6, 6.07) is 7.06. The second-order valence-electron chi connectivity index (χ2n) is 8.83. The Kier molecular flexibility index (Phi) is 8.82. The summed E-state index contributed by atoms with van der Waals surface area (Å²) in [7, 11) is 0. The lowest BCUT2D eigenvalue weighted by molar-refractivity contribution is -0.122. The molecular weight excluding hydrogens is 400 g/mol. The van der Waals surface area contributed by atoms with Gasteiger partial charge < -0.3 is 20.4 Å². The number of anilines is 1. The lowest BCUT2D eigenvalue weighted by atomic mass is 9.93. The molecule has 1 aromatic carbocycles. The first kappa shape index (κ1) is 22.9. The minimum absolute atomic E-state index is 0.104.